The van der Waals surface area contributed by atoms with Crippen LogP contribution in [0.15, 0.2) is 18.2 Å². The van der Waals surface area contributed by atoms with Crippen LogP contribution < -0.4 is 4.90 Å². The van der Waals surface area contributed by atoms with E-state index in [0.717, 1.165) is 11.3 Å². The highest BCUT2D eigenvalue weighted by molar-refractivity contribution is 6.30. The number of ether oxygens (including phenoxy) is 3. The van der Waals surface area contributed by atoms with E-state index in [1.165, 1.54) is 0 Å². The summed E-state index contributed by atoms with van der Waals surface area (Å²) >= 11 is 6.14. The molecule has 0 radical (unpaired) electrons. The van der Waals surface area contributed by atoms with Crippen molar-refractivity contribution in [2.75, 3.05) is 24.7 Å². The van der Waals surface area contributed by atoms with Crippen LogP contribution in [0.2, 0.25) is 5.02 Å². The summed E-state index contributed by atoms with van der Waals surface area (Å²) in [5.74, 6) is -2.35. The zero-order chi connectivity index (χ0) is 17.1. The Morgan fingerprint density at radius 3 is 2.62 bits per heavy atom. The van der Waals surface area contributed by atoms with Crippen molar-refractivity contribution in [1.82, 2.24) is 0 Å². The number of rotatable bonds is 0. The Labute approximate surface area is 144 Å². The molecule has 0 bridgehead atoms. The van der Waals surface area contributed by atoms with Crippen molar-refractivity contribution in [2.45, 2.75) is 32.1 Å². The summed E-state index contributed by atoms with van der Waals surface area (Å²) in [5.41, 5.74) is 0.412. The van der Waals surface area contributed by atoms with Crippen molar-refractivity contribution in [3.8, 4) is 0 Å². The number of carbonyl (C=O) groups is 2. The third-order valence-electron chi connectivity index (χ3n) is 4.93. The number of nitrogens with zero attached hydrogens (tertiary/aromatic N) is 1. The van der Waals surface area contributed by atoms with E-state index < -0.39 is 29.2 Å². The van der Waals surface area contributed by atoms with Crippen molar-refractivity contribution in [3.63, 3.8) is 0 Å². The fraction of sp³-hybridized carbons (Fsp3) is 0.529. The summed E-state index contributed by atoms with van der Waals surface area (Å²) in [5, 5.41) is 0.616. The van der Waals surface area contributed by atoms with E-state index in [2.05, 4.69) is 0 Å². The van der Waals surface area contributed by atoms with E-state index in [4.69, 9.17) is 25.8 Å². The Morgan fingerprint density at radius 2 is 1.92 bits per heavy atom. The molecular formula is C17H18ClNO5. The number of esters is 2. The molecule has 3 aliphatic rings. The highest BCUT2D eigenvalue weighted by Crippen LogP contribution is 2.47. The number of halogens is 1. The molecule has 2 fully saturated rings. The van der Waals surface area contributed by atoms with Crippen molar-refractivity contribution >= 4 is 29.2 Å². The summed E-state index contributed by atoms with van der Waals surface area (Å²) in [6, 6.07) is 5.02. The summed E-state index contributed by atoms with van der Waals surface area (Å²) in [6.45, 7) is 4.47. The maximum Gasteiger partial charge on any atom is 0.329 e. The molecular weight excluding hydrogens is 334 g/mol. The monoisotopic (exact) mass is 351 g/mol. The fourth-order valence-electron chi connectivity index (χ4n) is 3.82. The molecule has 1 aromatic carbocycles. The van der Waals surface area contributed by atoms with Gasteiger partial charge in [-0.3, -0.25) is 9.59 Å². The lowest BCUT2D eigenvalue weighted by Crippen LogP contribution is -2.68. The SMILES string of the molecule is CC1(C)OC(=O)C2(Cc3ccc(Cl)cc3N3CCOC[C@@H]32)C(=O)O1. The predicted octanol–water partition coefficient (Wildman–Crippen LogP) is 1.92. The molecule has 1 atom stereocenters. The number of benzene rings is 1. The van der Waals surface area contributed by atoms with E-state index >= 15 is 0 Å². The maximum absolute atomic E-state index is 12.9. The van der Waals surface area contributed by atoms with Crippen molar-refractivity contribution in [3.05, 3.63) is 28.8 Å². The molecule has 0 saturated carbocycles. The molecule has 0 N–H and O–H groups in total. The van der Waals surface area contributed by atoms with Gasteiger partial charge in [-0.05, 0) is 17.7 Å². The minimum atomic E-state index is -1.41. The smallest absolute Gasteiger partial charge is 0.329 e. The minimum Gasteiger partial charge on any atom is -0.422 e. The van der Waals surface area contributed by atoms with E-state index in [9.17, 15) is 9.59 Å². The number of hydrogen-bond donors (Lipinski definition) is 0. The molecule has 0 aromatic heterocycles. The second kappa shape index (κ2) is 5.10. The third-order valence-corrected chi connectivity index (χ3v) is 5.16. The summed E-state index contributed by atoms with van der Waals surface area (Å²) in [7, 11) is 0. The Morgan fingerprint density at radius 1 is 1.21 bits per heavy atom. The van der Waals surface area contributed by atoms with Gasteiger partial charge in [0.25, 0.3) is 5.79 Å². The molecule has 0 unspecified atom stereocenters. The molecule has 6 nitrogen and oxygen atoms in total. The molecule has 0 aliphatic carbocycles. The van der Waals surface area contributed by atoms with E-state index in [-0.39, 0.29) is 13.0 Å². The van der Waals surface area contributed by atoms with Gasteiger partial charge in [0.05, 0.1) is 19.3 Å². The molecule has 1 spiro atoms. The molecule has 7 heteroatoms. The first kappa shape index (κ1) is 15.7. The summed E-state index contributed by atoms with van der Waals surface area (Å²) in [4.78, 5) is 27.8. The molecule has 3 aliphatic heterocycles. The quantitative estimate of drug-likeness (QED) is 0.525. The van der Waals surface area contributed by atoms with Crippen LogP contribution in [0.25, 0.3) is 0 Å². The van der Waals surface area contributed by atoms with Gasteiger partial charge in [-0.25, -0.2) is 0 Å². The van der Waals surface area contributed by atoms with Gasteiger partial charge in [0.15, 0.2) is 5.41 Å². The lowest BCUT2D eigenvalue weighted by atomic mass is 9.70. The normalized spacial score (nSPS) is 27.1. The average Bonchev–Trinajstić information content (AvgIpc) is 2.52. The van der Waals surface area contributed by atoms with Gasteiger partial charge in [0.2, 0.25) is 0 Å². The number of cyclic esters (lactones) is 2. The second-order valence-corrected chi connectivity index (χ2v) is 7.32. The van der Waals surface area contributed by atoms with Crippen LogP contribution in [0.3, 0.4) is 0 Å². The number of morpholine rings is 1. The molecule has 1 aromatic rings. The highest BCUT2D eigenvalue weighted by Gasteiger charge is 2.64. The molecule has 0 amide bonds. The Kier molecular flexibility index (Phi) is 3.34. The zero-order valence-electron chi connectivity index (χ0n) is 13.5. The molecule has 2 saturated heterocycles. The first-order chi connectivity index (χ1) is 11.3. The van der Waals surface area contributed by atoms with Gasteiger partial charge in [-0.15, -0.1) is 0 Å². The van der Waals surface area contributed by atoms with Crippen LogP contribution in [0, 0.1) is 5.41 Å². The van der Waals surface area contributed by atoms with Gasteiger partial charge >= 0.3 is 11.9 Å². The average molecular weight is 352 g/mol. The zero-order valence-corrected chi connectivity index (χ0v) is 14.3. The first-order valence-electron chi connectivity index (χ1n) is 7.93. The number of fused-ring (bicyclic) bond motifs is 4. The summed E-state index contributed by atoms with van der Waals surface area (Å²) < 4.78 is 16.4. The van der Waals surface area contributed by atoms with E-state index in [1.54, 1.807) is 19.9 Å². The Hall–Kier alpha value is -1.79. The van der Waals surface area contributed by atoms with Crippen molar-refractivity contribution in [1.29, 1.82) is 0 Å². The number of anilines is 1. The van der Waals surface area contributed by atoms with Gasteiger partial charge in [0, 0.05) is 37.5 Å². The van der Waals surface area contributed by atoms with Crippen LogP contribution in [0.4, 0.5) is 5.69 Å². The fourth-order valence-corrected chi connectivity index (χ4v) is 3.99. The van der Waals surface area contributed by atoms with Crippen LogP contribution in [0.5, 0.6) is 0 Å². The minimum absolute atomic E-state index is 0.220. The van der Waals surface area contributed by atoms with Gasteiger partial charge in [-0.1, -0.05) is 17.7 Å². The molecule has 3 heterocycles. The van der Waals surface area contributed by atoms with E-state index in [0.29, 0.717) is 18.2 Å². The lowest BCUT2D eigenvalue weighted by Gasteiger charge is -2.52. The molecule has 24 heavy (non-hydrogen) atoms. The molecule has 4 rings (SSSR count). The first-order valence-corrected chi connectivity index (χ1v) is 8.31. The Bertz CT molecular complexity index is 712. The highest BCUT2D eigenvalue weighted by atomic mass is 35.5. The van der Waals surface area contributed by atoms with Crippen LogP contribution in [-0.4, -0.2) is 43.5 Å². The second-order valence-electron chi connectivity index (χ2n) is 6.88. The van der Waals surface area contributed by atoms with Crippen molar-refractivity contribution < 1.29 is 23.8 Å². The predicted molar refractivity (Wildman–Crippen MR) is 85.8 cm³/mol. The van der Waals surface area contributed by atoms with Crippen LogP contribution >= 0.6 is 11.6 Å². The maximum atomic E-state index is 12.9. The lowest BCUT2D eigenvalue weighted by molar-refractivity contribution is -0.254. The van der Waals surface area contributed by atoms with Gasteiger partial charge in [-0.2, -0.15) is 0 Å². The Balaban J connectivity index is 1.86. The number of hydrogen-bond acceptors (Lipinski definition) is 6. The summed E-state index contributed by atoms with van der Waals surface area (Å²) in [6.07, 6.45) is 0.220. The topological polar surface area (TPSA) is 65.1 Å². The largest absolute Gasteiger partial charge is 0.422 e. The van der Waals surface area contributed by atoms with Gasteiger partial charge < -0.3 is 19.1 Å². The van der Waals surface area contributed by atoms with Crippen LogP contribution in [-0.2, 0) is 30.2 Å². The van der Waals surface area contributed by atoms with Crippen LogP contribution in [0.1, 0.15) is 19.4 Å². The number of carbonyl (C=O) groups excluding carboxylic acids is 2. The van der Waals surface area contributed by atoms with Gasteiger partial charge in [0.1, 0.15) is 0 Å². The van der Waals surface area contributed by atoms with Crippen molar-refractivity contribution in [2.24, 2.45) is 5.41 Å². The van der Waals surface area contributed by atoms with E-state index in [1.807, 2.05) is 17.0 Å². The standard InChI is InChI=1S/C17H18ClNO5/c1-16(2)23-14(20)17(15(21)24-16)8-10-3-4-11(18)7-12(10)19-5-6-22-9-13(17)19/h3-4,7,13H,5-6,8-9H2,1-2H3/t13-/m1/s1. The molecule has 128 valence electrons. The third kappa shape index (κ3) is 2.13.